The van der Waals surface area contributed by atoms with E-state index in [1.807, 2.05) is 46.4 Å². The Bertz CT molecular complexity index is 1120. The maximum absolute atomic E-state index is 11.5. The van der Waals surface area contributed by atoms with Crippen LogP contribution in [0.3, 0.4) is 0 Å². The standard InChI is InChI=1S/C20H24N4O.C9H19N3O.C3H8.2C2H6/c1-20(2)17(24-16-18(21)22-12-23-19(16)25-20)15-10-8-14(9-11-15)13-6-4-3-5-7-13;1-3-4-10-9(13)12-7-5-11(2)6-8-12;1-3-2;2*1-2/h8-13H,3-7H2,1-2H3,(H2,21,22,23);3-8H2,1-2H3,(H,10,13);3H2,1-2H3;2*1-2H3. The van der Waals surface area contributed by atoms with Gasteiger partial charge in [-0.2, -0.15) is 4.98 Å². The van der Waals surface area contributed by atoms with Crippen LogP contribution < -0.4 is 15.8 Å². The van der Waals surface area contributed by atoms with E-state index in [0.717, 1.165) is 50.4 Å². The van der Waals surface area contributed by atoms with E-state index in [1.165, 1.54) is 50.4 Å². The van der Waals surface area contributed by atoms with Crippen molar-refractivity contribution in [2.75, 3.05) is 45.5 Å². The molecule has 0 spiro atoms. The Morgan fingerprint density at radius 3 is 2.09 bits per heavy atom. The number of carbonyl (C=O) groups is 1. The number of carbonyl (C=O) groups excluding carboxylic acids is 1. The quantitative estimate of drug-likeness (QED) is 0.354. The van der Waals surface area contributed by atoms with E-state index < -0.39 is 5.60 Å². The molecule has 1 aliphatic carbocycles. The van der Waals surface area contributed by atoms with Crippen LogP contribution in [0.1, 0.15) is 124 Å². The van der Waals surface area contributed by atoms with E-state index in [1.54, 1.807) is 0 Å². The summed E-state index contributed by atoms with van der Waals surface area (Å²) in [5.41, 5.74) is 9.25. The highest BCUT2D eigenvalue weighted by molar-refractivity contribution is 6.09. The van der Waals surface area contributed by atoms with Crippen molar-refractivity contribution in [2.45, 2.75) is 119 Å². The number of piperazine rings is 1. The number of nitrogens with two attached hydrogens (primary N) is 1. The molecule has 5 rings (SSSR count). The summed E-state index contributed by atoms with van der Waals surface area (Å²) >= 11 is 0. The minimum Gasteiger partial charge on any atom is -0.463 e. The zero-order chi connectivity index (χ0) is 33.8. The first kappa shape index (κ1) is 39.8. The van der Waals surface area contributed by atoms with E-state index in [9.17, 15) is 4.79 Å². The number of nitrogens with one attached hydrogen (secondary N) is 1. The van der Waals surface area contributed by atoms with Crippen molar-refractivity contribution in [3.63, 3.8) is 0 Å². The minimum absolute atomic E-state index is 0.0925. The van der Waals surface area contributed by atoms with Crippen LogP contribution in [-0.4, -0.2) is 76.9 Å². The molecule has 2 aliphatic heterocycles. The van der Waals surface area contributed by atoms with Gasteiger partial charge in [0.25, 0.3) is 0 Å². The van der Waals surface area contributed by atoms with Crippen LogP contribution in [0.2, 0.25) is 0 Å². The molecule has 1 saturated carbocycles. The Labute approximate surface area is 274 Å². The van der Waals surface area contributed by atoms with E-state index in [-0.39, 0.29) is 6.03 Å². The maximum Gasteiger partial charge on any atom is 0.317 e. The fraction of sp³-hybridized carbons (Fsp3) is 0.667. The van der Waals surface area contributed by atoms with Crippen LogP contribution >= 0.6 is 0 Å². The monoisotopic (exact) mass is 626 g/mol. The molecular formula is C36H63N7O2. The topological polar surface area (TPSA) is 109 Å². The Kier molecular flexibility index (Phi) is 19.0. The minimum atomic E-state index is -0.569. The van der Waals surface area contributed by atoms with Crippen LogP contribution in [0.15, 0.2) is 35.6 Å². The number of aromatic nitrogens is 2. The molecule has 1 saturated heterocycles. The number of rotatable bonds is 4. The van der Waals surface area contributed by atoms with E-state index in [0.29, 0.717) is 23.3 Å². The summed E-state index contributed by atoms with van der Waals surface area (Å²) in [4.78, 5) is 28.5. The lowest BCUT2D eigenvalue weighted by Gasteiger charge is -2.32. The van der Waals surface area contributed by atoms with Gasteiger partial charge in [0, 0.05) is 38.3 Å². The lowest BCUT2D eigenvalue weighted by Crippen LogP contribution is -2.50. The van der Waals surface area contributed by atoms with Gasteiger partial charge in [0.15, 0.2) is 11.5 Å². The van der Waals surface area contributed by atoms with Crippen LogP contribution in [0.25, 0.3) is 0 Å². The highest BCUT2D eigenvalue weighted by Crippen LogP contribution is 2.39. The zero-order valence-corrected chi connectivity index (χ0v) is 30.1. The van der Waals surface area contributed by atoms with Crippen LogP contribution in [0.4, 0.5) is 16.3 Å². The smallest absolute Gasteiger partial charge is 0.317 e. The van der Waals surface area contributed by atoms with Gasteiger partial charge in [0.1, 0.15) is 11.9 Å². The summed E-state index contributed by atoms with van der Waals surface area (Å²) in [5.74, 6) is 1.49. The third-order valence-corrected chi connectivity index (χ3v) is 7.54. The van der Waals surface area contributed by atoms with Crippen molar-refractivity contribution >= 4 is 23.2 Å². The summed E-state index contributed by atoms with van der Waals surface area (Å²) < 4.78 is 6.05. The number of ether oxygens (including phenoxy) is 1. The molecule has 3 heterocycles. The lowest BCUT2D eigenvalue weighted by atomic mass is 9.83. The zero-order valence-electron chi connectivity index (χ0n) is 30.1. The number of amides is 2. The molecule has 1 aromatic carbocycles. The van der Waals surface area contributed by atoms with Crippen LogP contribution in [0, 0.1) is 0 Å². The lowest BCUT2D eigenvalue weighted by molar-refractivity contribution is 0.154. The van der Waals surface area contributed by atoms with Gasteiger partial charge in [-0.1, -0.05) is 98.4 Å². The fourth-order valence-corrected chi connectivity index (χ4v) is 5.21. The van der Waals surface area contributed by atoms with Crippen molar-refractivity contribution in [1.82, 2.24) is 25.1 Å². The Morgan fingerprint density at radius 2 is 1.53 bits per heavy atom. The number of nitrogens with zero attached hydrogens (tertiary/aromatic N) is 5. The molecule has 2 amide bonds. The van der Waals surface area contributed by atoms with Gasteiger partial charge in [-0.05, 0) is 51.6 Å². The van der Waals surface area contributed by atoms with Gasteiger partial charge in [-0.3, -0.25) is 0 Å². The van der Waals surface area contributed by atoms with Gasteiger partial charge in [-0.15, -0.1) is 0 Å². The Balaban J connectivity index is 0.000000428. The largest absolute Gasteiger partial charge is 0.463 e. The number of anilines is 1. The fourth-order valence-electron chi connectivity index (χ4n) is 5.21. The summed E-state index contributed by atoms with van der Waals surface area (Å²) in [6.07, 6.45) is 10.3. The summed E-state index contributed by atoms with van der Waals surface area (Å²) in [6.45, 7) is 22.8. The molecule has 0 unspecified atom stereocenters. The second kappa shape index (κ2) is 21.5. The molecular weight excluding hydrogens is 562 g/mol. The summed E-state index contributed by atoms with van der Waals surface area (Å²) in [7, 11) is 2.08. The predicted octanol–water partition coefficient (Wildman–Crippen LogP) is 8.22. The van der Waals surface area contributed by atoms with Crippen molar-refractivity contribution in [3.8, 4) is 5.88 Å². The van der Waals surface area contributed by atoms with E-state index >= 15 is 0 Å². The second-order valence-electron chi connectivity index (χ2n) is 11.7. The molecule has 3 N–H and O–H groups in total. The molecule has 1 aromatic heterocycles. The SMILES string of the molecule is CC.CC.CC1(C)Oc2ncnc(N)c2N=C1c1ccc(C2CCCCC2)cc1.CCC.CCCNC(=O)N1CCN(C)CC1. The van der Waals surface area contributed by atoms with Gasteiger partial charge >= 0.3 is 6.03 Å². The van der Waals surface area contributed by atoms with Crippen molar-refractivity contribution in [3.05, 3.63) is 41.7 Å². The highest BCUT2D eigenvalue weighted by atomic mass is 16.5. The molecule has 0 atom stereocenters. The van der Waals surface area contributed by atoms with Crippen LogP contribution in [0.5, 0.6) is 5.88 Å². The van der Waals surface area contributed by atoms with Gasteiger partial charge in [0.05, 0.1) is 5.71 Å². The number of hydrogen-bond acceptors (Lipinski definition) is 7. The van der Waals surface area contributed by atoms with Crippen molar-refractivity contribution in [1.29, 1.82) is 0 Å². The predicted molar refractivity (Wildman–Crippen MR) is 191 cm³/mol. The average Bonchev–Trinajstić information content (AvgIpc) is 3.06. The first-order valence-corrected chi connectivity index (χ1v) is 17.4. The normalized spacial score (nSPS) is 17.0. The third kappa shape index (κ3) is 12.6. The first-order valence-electron chi connectivity index (χ1n) is 17.4. The molecule has 3 aliphatic rings. The summed E-state index contributed by atoms with van der Waals surface area (Å²) in [6, 6.07) is 8.88. The van der Waals surface area contributed by atoms with Crippen molar-refractivity contribution < 1.29 is 9.53 Å². The maximum atomic E-state index is 11.5. The number of nitrogen functional groups attached to an aromatic ring is 1. The number of hydrogen-bond donors (Lipinski definition) is 2. The van der Waals surface area contributed by atoms with E-state index in [2.05, 4.69) is 72.3 Å². The molecule has 45 heavy (non-hydrogen) atoms. The molecule has 9 heteroatoms. The molecule has 2 aromatic rings. The third-order valence-electron chi connectivity index (χ3n) is 7.54. The number of aliphatic imine (C=N–C) groups is 1. The highest BCUT2D eigenvalue weighted by Gasteiger charge is 2.35. The number of fused-ring (bicyclic) bond motifs is 1. The van der Waals surface area contributed by atoms with Crippen molar-refractivity contribution in [2.24, 2.45) is 4.99 Å². The molecule has 0 radical (unpaired) electrons. The van der Waals surface area contributed by atoms with E-state index in [4.69, 9.17) is 15.5 Å². The molecule has 2 fully saturated rings. The number of urea groups is 1. The van der Waals surface area contributed by atoms with Gasteiger partial charge in [-0.25, -0.2) is 14.8 Å². The Morgan fingerprint density at radius 1 is 0.956 bits per heavy atom. The second-order valence-corrected chi connectivity index (χ2v) is 11.7. The van der Waals surface area contributed by atoms with Gasteiger partial charge in [0.2, 0.25) is 5.88 Å². The Hall–Kier alpha value is -3.20. The average molecular weight is 626 g/mol. The van der Waals surface area contributed by atoms with Gasteiger partial charge < -0.3 is 25.6 Å². The summed E-state index contributed by atoms with van der Waals surface area (Å²) in [5, 5.41) is 2.89. The molecule has 0 bridgehead atoms. The molecule has 9 nitrogen and oxygen atoms in total. The number of likely N-dealkylation sites (N-methyl/N-ethyl adjacent to an activating group) is 1. The van der Waals surface area contributed by atoms with Crippen LogP contribution in [-0.2, 0) is 0 Å². The first-order chi connectivity index (χ1) is 21.7. The number of benzene rings is 1. The molecule has 254 valence electrons.